The lowest BCUT2D eigenvalue weighted by molar-refractivity contribution is 0.659. The van der Waals surface area contributed by atoms with Gasteiger partial charge in [-0.2, -0.15) is 0 Å². The lowest BCUT2D eigenvalue weighted by Gasteiger charge is -2.21. The van der Waals surface area contributed by atoms with Gasteiger partial charge in [-0.05, 0) is 36.1 Å². The largest absolute Gasteiger partial charge is 0.0829 e. The Morgan fingerprint density at radius 1 is 0.941 bits per heavy atom. The van der Waals surface area contributed by atoms with E-state index < -0.39 is 0 Å². The minimum atomic E-state index is 0.160. The zero-order chi connectivity index (χ0) is 13.1. The van der Waals surface area contributed by atoms with E-state index in [-0.39, 0.29) is 5.41 Å². The molecule has 0 radical (unpaired) electrons. The minimum absolute atomic E-state index is 0.160. The molecule has 0 amide bonds. The molecule has 0 aromatic heterocycles. The Balaban J connectivity index is 0.000000686. The Morgan fingerprint density at radius 2 is 1.53 bits per heavy atom. The lowest BCUT2D eigenvalue weighted by Crippen LogP contribution is -2.14. The fourth-order valence-corrected chi connectivity index (χ4v) is 2.72. The van der Waals surface area contributed by atoms with Crippen LogP contribution in [0.25, 0.3) is 5.57 Å². The Hall–Kier alpha value is -1.30. The lowest BCUT2D eigenvalue weighted by atomic mass is 9.82. The SMILES string of the molecule is C/C=C1\C(=C/C)c2ccccc2C1(C)C.CC. The van der Waals surface area contributed by atoms with E-state index in [9.17, 15) is 0 Å². The van der Waals surface area contributed by atoms with Crippen LogP contribution in [0.5, 0.6) is 0 Å². The van der Waals surface area contributed by atoms with Crippen LogP contribution in [0.3, 0.4) is 0 Å². The first-order valence-corrected chi connectivity index (χ1v) is 6.56. The molecule has 0 saturated carbocycles. The summed E-state index contributed by atoms with van der Waals surface area (Å²) in [7, 11) is 0. The second kappa shape index (κ2) is 5.35. The summed E-state index contributed by atoms with van der Waals surface area (Å²) in [5.74, 6) is 0. The summed E-state index contributed by atoms with van der Waals surface area (Å²) in [4.78, 5) is 0. The summed E-state index contributed by atoms with van der Waals surface area (Å²) in [5, 5.41) is 0. The number of fused-ring (bicyclic) bond motifs is 1. The molecule has 0 fully saturated rings. The van der Waals surface area contributed by atoms with Crippen molar-refractivity contribution in [3.05, 3.63) is 53.1 Å². The maximum atomic E-state index is 2.30. The Morgan fingerprint density at radius 3 is 2.06 bits per heavy atom. The first-order valence-electron chi connectivity index (χ1n) is 6.56. The molecule has 1 aliphatic rings. The van der Waals surface area contributed by atoms with Gasteiger partial charge in [-0.15, -0.1) is 0 Å². The zero-order valence-electron chi connectivity index (χ0n) is 12.0. The molecule has 2 rings (SSSR count). The number of allylic oxidation sites excluding steroid dienone is 4. The van der Waals surface area contributed by atoms with Gasteiger partial charge in [0.25, 0.3) is 0 Å². The summed E-state index contributed by atoms with van der Waals surface area (Å²) >= 11 is 0. The predicted molar refractivity (Wildman–Crippen MR) is 78.2 cm³/mol. The van der Waals surface area contributed by atoms with Gasteiger partial charge in [0.15, 0.2) is 0 Å². The first kappa shape index (κ1) is 13.8. The molecule has 0 aliphatic heterocycles. The van der Waals surface area contributed by atoms with E-state index in [2.05, 4.69) is 64.1 Å². The van der Waals surface area contributed by atoms with Crippen LogP contribution < -0.4 is 0 Å². The fourth-order valence-electron chi connectivity index (χ4n) is 2.72. The third-order valence-electron chi connectivity index (χ3n) is 3.43. The zero-order valence-corrected chi connectivity index (χ0v) is 12.0. The molecule has 1 aliphatic carbocycles. The van der Waals surface area contributed by atoms with Crippen molar-refractivity contribution >= 4 is 5.57 Å². The summed E-state index contributed by atoms with van der Waals surface area (Å²) in [5.41, 5.74) is 5.86. The number of rotatable bonds is 0. The summed E-state index contributed by atoms with van der Waals surface area (Å²) in [6.07, 6.45) is 4.47. The Kier molecular flexibility index (Phi) is 4.34. The van der Waals surface area contributed by atoms with Crippen LogP contribution in [-0.2, 0) is 5.41 Å². The van der Waals surface area contributed by atoms with Crippen molar-refractivity contribution in [2.75, 3.05) is 0 Å². The van der Waals surface area contributed by atoms with E-state index in [1.807, 2.05) is 13.8 Å². The summed E-state index contributed by atoms with van der Waals surface area (Å²) in [6.45, 7) is 12.9. The Bertz CT molecular complexity index is 445. The van der Waals surface area contributed by atoms with Gasteiger partial charge in [0.1, 0.15) is 0 Å². The average molecular weight is 228 g/mol. The minimum Gasteiger partial charge on any atom is -0.0829 e. The number of hydrogen-bond acceptors (Lipinski definition) is 0. The van der Waals surface area contributed by atoms with Gasteiger partial charge in [0.2, 0.25) is 0 Å². The van der Waals surface area contributed by atoms with E-state index in [1.165, 1.54) is 22.3 Å². The summed E-state index contributed by atoms with van der Waals surface area (Å²) in [6, 6.07) is 8.72. The highest BCUT2D eigenvalue weighted by Gasteiger charge is 2.36. The quantitative estimate of drug-likeness (QED) is 0.561. The van der Waals surface area contributed by atoms with Crippen molar-refractivity contribution in [1.82, 2.24) is 0 Å². The van der Waals surface area contributed by atoms with Crippen LogP contribution in [0.4, 0.5) is 0 Å². The fraction of sp³-hybridized carbons (Fsp3) is 0.412. The van der Waals surface area contributed by atoms with Gasteiger partial charge in [0.05, 0.1) is 0 Å². The van der Waals surface area contributed by atoms with Gasteiger partial charge in [0, 0.05) is 5.41 Å². The molecule has 0 heterocycles. The van der Waals surface area contributed by atoms with Gasteiger partial charge in [-0.25, -0.2) is 0 Å². The van der Waals surface area contributed by atoms with Crippen LogP contribution in [0.1, 0.15) is 52.7 Å². The van der Waals surface area contributed by atoms with Crippen molar-refractivity contribution in [3.63, 3.8) is 0 Å². The number of benzene rings is 1. The monoisotopic (exact) mass is 228 g/mol. The Labute approximate surface area is 106 Å². The predicted octanol–water partition coefficient (Wildman–Crippen LogP) is 5.35. The van der Waals surface area contributed by atoms with Crippen LogP contribution in [0.15, 0.2) is 42.0 Å². The molecule has 1 aromatic rings. The van der Waals surface area contributed by atoms with E-state index in [0.717, 1.165) is 0 Å². The first-order chi connectivity index (χ1) is 8.12. The van der Waals surface area contributed by atoms with Gasteiger partial charge < -0.3 is 0 Å². The van der Waals surface area contributed by atoms with E-state index in [4.69, 9.17) is 0 Å². The van der Waals surface area contributed by atoms with E-state index in [0.29, 0.717) is 0 Å². The van der Waals surface area contributed by atoms with Crippen molar-refractivity contribution < 1.29 is 0 Å². The van der Waals surface area contributed by atoms with Crippen molar-refractivity contribution in [2.24, 2.45) is 0 Å². The average Bonchev–Trinajstić information content (AvgIpc) is 2.59. The van der Waals surface area contributed by atoms with Crippen LogP contribution in [0, 0.1) is 0 Å². The molecule has 0 unspecified atom stereocenters. The highest BCUT2D eigenvalue weighted by Crippen LogP contribution is 2.49. The molecule has 0 N–H and O–H groups in total. The second-order valence-corrected chi connectivity index (χ2v) is 4.58. The molecular weight excluding hydrogens is 204 g/mol. The molecule has 0 atom stereocenters. The smallest absolute Gasteiger partial charge is 0.0155 e. The van der Waals surface area contributed by atoms with E-state index >= 15 is 0 Å². The third-order valence-corrected chi connectivity index (χ3v) is 3.43. The van der Waals surface area contributed by atoms with Gasteiger partial charge >= 0.3 is 0 Å². The molecule has 0 saturated heterocycles. The molecular formula is C17H24. The molecule has 1 aromatic carbocycles. The van der Waals surface area contributed by atoms with Gasteiger partial charge in [-0.1, -0.05) is 64.1 Å². The molecule has 0 nitrogen and oxygen atoms in total. The molecule has 0 bridgehead atoms. The van der Waals surface area contributed by atoms with Crippen molar-refractivity contribution in [2.45, 2.75) is 47.0 Å². The van der Waals surface area contributed by atoms with Crippen LogP contribution >= 0.6 is 0 Å². The maximum absolute atomic E-state index is 2.30. The highest BCUT2D eigenvalue weighted by molar-refractivity contribution is 5.89. The van der Waals surface area contributed by atoms with Crippen LogP contribution in [-0.4, -0.2) is 0 Å². The number of hydrogen-bond donors (Lipinski definition) is 0. The molecule has 0 heteroatoms. The standard InChI is InChI=1S/C15H18.C2H6/c1-5-11-12-9-7-8-10-14(12)15(3,4)13(11)6-2;1-2/h5-10H,1-4H3;1-2H3/b11-5-,13-6+;. The van der Waals surface area contributed by atoms with Crippen molar-refractivity contribution in [3.8, 4) is 0 Å². The van der Waals surface area contributed by atoms with Crippen molar-refractivity contribution in [1.29, 1.82) is 0 Å². The van der Waals surface area contributed by atoms with Gasteiger partial charge in [-0.3, -0.25) is 0 Å². The molecule has 0 spiro atoms. The summed E-state index contributed by atoms with van der Waals surface area (Å²) < 4.78 is 0. The van der Waals surface area contributed by atoms with E-state index in [1.54, 1.807) is 0 Å². The topological polar surface area (TPSA) is 0 Å². The molecule has 17 heavy (non-hydrogen) atoms. The highest BCUT2D eigenvalue weighted by atomic mass is 14.4. The maximum Gasteiger partial charge on any atom is 0.0155 e. The third kappa shape index (κ3) is 2.09. The normalized spacial score (nSPS) is 21.1. The second-order valence-electron chi connectivity index (χ2n) is 4.58. The van der Waals surface area contributed by atoms with Crippen LogP contribution in [0.2, 0.25) is 0 Å². The molecule has 92 valence electrons.